The summed E-state index contributed by atoms with van der Waals surface area (Å²) in [6.07, 6.45) is 2.81. The second kappa shape index (κ2) is 3.50. The van der Waals surface area contributed by atoms with Crippen LogP contribution in [0.5, 0.6) is 0 Å². The lowest BCUT2D eigenvalue weighted by Crippen LogP contribution is -2.29. The van der Waals surface area contributed by atoms with Gasteiger partial charge in [0.25, 0.3) is 0 Å². The third-order valence-electron chi connectivity index (χ3n) is 3.68. The van der Waals surface area contributed by atoms with E-state index in [1.807, 2.05) is 0 Å². The monoisotopic (exact) mass is 233 g/mol. The van der Waals surface area contributed by atoms with Crippen molar-refractivity contribution < 1.29 is 9.90 Å². The van der Waals surface area contributed by atoms with Gasteiger partial charge < -0.3 is 10.4 Å². The highest BCUT2D eigenvalue weighted by Crippen LogP contribution is 2.46. The standard InChI is InChI=1S/C12H15N3O2/c1-12(3-4-12)11-14-8-6-13-5-2-7(8)9(15-11)10(16)17/h13H,2-6H2,1H3,(H,16,17). The molecule has 1 saturated carbocycles. The molecule has 1 aromatic rings. The fraction of sp³-hybridized carbons (Fsp3) is 0.583. The van der Waals surface area contributed by atoms with Crippen molar-refractivity contribution in [3.63, 3.8) is 0 Å². The molecule has 0 amide bonds. The summed E-state index contributed by atoms with van der Waals surface area (Å²) in [5, 5.41) is 12.5. The Morgan fingerprint density at radius 2 is 2.18 bits per heavy atom. The lowest BCUT2D eigenvalue weighted by molar-refractivity contribution is 0.0688. The van der Waals surface area contributed by atoms with Crippen LogP contribution >= 0.6 is 0 Å². The third-order valence-corrected chi connectivity index (χ3v) is 3.68. The highest BCUT2D eigenvalue weighted by molar-refractivity contribution is 5.87. The average molecular weight is 233 g/mol. The van der Waals surface area contributed by atoms with Gasteiger partial charge in [0.2, 0.25) is 0 Å². The number of rotatable bonds is 2. The van der Waals surface area contributed by atoms with Gasteiger partial charge in [-0.1, -0.05) is 6.92 Å². The number of fused-ring (bicyclic) bond motifs is 1. The van der Waals surface area contributed by atoms with Crippen LogP contribution in [-0.2, 0) is 18.4 Å². The Hall–Kier alpha value is -1.49. The maximum atomic E-state index is 11.3. The lowest BCUT2D eigenvalue weighted by Gasteiger charge is -2.20. The molecular formula is C12H15N3O2. The molecule has 1 fully saturated rings. The second-order valence-corrected chi connectivity index (χ2v) is 5.11. The van der Waals surface area contributed by atoms with Crippen LogP contribution in [0.1, 0.15) is 47.3 Å². The molecule has 17 heavy (non-hydrogen) atoms. The number of nitrogens with one attached hydrogen (secondary N) is 1. The zero-order chi connectivity index (χ0) is 12.0. The molecule has 1 aromatic heterocycles. The summed E-state index contributed by atoms with van der Waals surface area (Å²) in [6, 6.07) is 0. The molecule has 1 aliphatic heterocycles. The van der Waals surface area contributed by atoms with E-state index in [1.165, 1.54) is 0 Å². The molecule has 0 aromatic carbocycles. The Morgan fingerprint density at radius 3 is 2.82 bits per heavy atom. The number of aromatic carboxylic acids is 1. The first kappa shape index (κ1) is 10.7. The molecule has 5 nitrogen and oxygen atoms in total. The Balaban J connectivity index is 2.15. The van der Waals surface area contributed by atoms with Crippen LogP contribution in [0, 0.1) is 0 Å². The minimum absolute atomic E-state index is 0.0106. The van der Waals surface area contributed by atoms with Crippen LogP contribution < -0.4 is 5.32 Å². The fourth-order valence-corrected chi connectivity index (χ4v) is 2.22. The van der Waals surface area contributed by atoms with E-state index in [1.54, 1.807) is 0 Å². The van der Waals surface area contributed by atoms with Crippen LogP contribution in [0.15, 0.2) is 0 Å². The average Bonchev–Trinajstić information content (AvgIpc) is 3.07. The molecule has 0 unspecified atom stereocenters. The van der Waals surface area contributed by atoms with Crippen molar-refractivity contribution in [1.29, 1.82) is 0 Å². The van der Waals surface area contributed by atoms with Crippen molar-refractivity contribution in [2.45, 2.75) is 38.1 Å². The summed E-state index contributed by atoms with van der Waals surface area (Å²) < 4.78 is 0. The minimum Gasteiger partial charge on any atom is -0.477 e. The molecule has 2 heterocycles. The first-order valence-electron chi connectivity index (χ1n) is 5.94. The van der Waals surface area contributed by atoms with Crippen LogP contribution in [0.2, 0.25) is 0 Å². The molecule has 90 valence electrons. The minimum atomic E-state index is -0.934. The number of carbonyl (C=O) groups is 1. The van der Waals surface area contributed by atoms with Crippen molar-refractivity contribution in [1.82, 2.24) is 15.3 Å². The molecule has 5 heteroatoms. The molecule has 1 aliphatic carbocycles. The zero-order valence-corrected chi connectivity index (χ0v) is 9.79. The molecule has 3 rings (SSSR count). The van der Waals surface area contributed by atoms with Gasteiger partial charge in [-0.2, -0.15) is 0 Å². The van der Waals surface area contributed by atoms with Gasteiger partial charge in [0.15, 0.2) is 5.69 Å². The van der Waals surface area contributed by atoms with Crippen LogP contribution in [0.4, 0.5) is 0 Å². The summed E-state index contributed by atoms with van der Waals surface area (Å²) in [5.41, 5.74) is 1.90. The van der Waals surface area contributed by atoms with Gasteiger partial charge in [-0.05, 0) is 25.8 Å². The van der Waals surface area contributed by atoms with Gasteiger partial charge in [0.1, 0.15) is 5.82 Å². The summed E-state index contributed by atoms with van der Waals surface area (Å²) in [7, 11) is 0. The largest absolute Gasteiger partial charge is 0.477 e. The van der Waals surface area contributed by atoms with Crippen molar-refractivity contribution in [3.05, 3.63) is 22.8 Å². The fourth-order valence-electron chi connectivity index (χ4n) is 2.22. The Morgan fingerprint density at radius 1 is 1.41 bits per heavy atom. The normalized spacial score (nSPS) is 20.8. The number of carboxylic acids is 1. The van der Waals surface area contributed by atoms with E-state index in [-0.39, 0.29) is 11.1 Å². The topological polar surface area (TPSA) is 75.1 Å². The summed E-state index contributed by atoms with van der Waals surface area (Å²) in [4.78, 5) is 20.1. The lowest BCUT2D eigenvalue weighted by atomic mass is 10.0. The van der Waals surface area contributed by atoms with Crippen molar-refractivity contribution >= 4 is 5.97 Å². The van der Waals surface area contributed by atoms with E-state index in [0.29, 0.717) is 18.8 Å². The van der Waals surface area contributed by atoms with Crippen LogP contribution in [0.25, 0.3) is 0 Å². The van der Waals surface area contributed by atoms with E-state index >= 15 is 0 Å². The molecule has 0 saturated heterocycles. The quantitative estimate of drug-likeness (QED) is 0.792. The van der Waals surface area contributed by atoms with Crippen LogP contribution in [-0.4, -0.2) is 27.6 Å². The predicted octanol–water partition coefficient (Wildman–Crippen LogP) is 0.872. The highest BCUT2D eigenvalue weighted by atomic mass is 16.4. The van der Waals surface area contributed by atoms with Crippen molar-refractivity contribution in [2.24, 2.45) is 0 Å². The molecule has 0 spiro atoms. The van der Waals surface area contributed by atoms with Gasteiger partial charge in [-0.25, -0.2) is 14.8 Å². The maximum absolute atomic E-state index is 11.3. The SMILES string of the molecule is CC1(c2nc3c(c(C(=O)O)n2)CCNC3)CC1. The van der Waals surface area contributed by atoms with Crippen LogP contribution in [0.3, 0.4) is 0 Å². The zero-order valence-electron chi connectivity index (χ0n) is 9.79. The summed E-state index contributed by atoms with van der Waals surface area (Å²) in [6.45, 7) is 3.55. The van der Waals surface area contributed by atoms with E-state index < -0.39 is 5.97 Å². The Kier molecular flexibility index (Phi) is 2.19. The number of carboxylic acid groups (broad SMARTS) is 1. The van der Waals surface area contributed by atoms with Gasteiger partial charge in [0.05, 0.1) is 5.69 Å². The molecule has 0 radical (unpaired) electrons. The number of aromatic nitrogens is 2. The van der Waals surface area contributed by atoms with E-state index in [4.69, 9.17) is 0 Å². The van der Waals surface area contributed by atoms with E-state index in [2.05, 4.69) is 22.2 Å². The smallest absolute Gasteiger partial charge is 0.354 e. The van der Waals surface area contributed by atoms with Gasteiger partial charge in [0, 0.05) is 17.5 Å². The first-order valence-corrected chi connectivity index (χ1v) is 5.94. The number of nitrogens with zero attached hydrogens (tertiary/aromatic N) is 2. The van der Waals surface area contributed by atoms with Gasteiger partial charge >= 0.3 is 5.97 Å². The third kappa shape index (κ3) is 1.70. The van der Waals surface area contributed by atoms with Crippen molar-refractivity contribution in [3.8, 4) is 0 Å². The Labute approximate surface area is 99.3 Å². The molecule has 0 atom stereocenters. The maximum Gasteiger partial charge on any atom is 0.354 e. The first-order chi connectivity index (χ1) is 8.10. The van der Waals surface area contributed by atoms with Gasteiger partial charge in [-0.15, -0.1) is 0 Å². The van der Waals surface area contributed by atoms with Gasteiger partial charge in [-0.3, -0.25) is 0 Å². The summed E-state index contributed by atoms with van der Waals surface area (Å²) >= 11 is 0. The second-order valence-electron chi connectivity index (χ2n) is 5.11. The molecule has 2 aliphatic rings. The highest BCUT2D eigenvalue weighted by Gasteiger charge is 2.43. The van der Waals surface area contributed by atoms with E-state index in [0.717, 1.165) is 30.6 Å². The van der Waals surface area contributed by atoms with E-state index in [9.17, 15) is 9.90 Å². The number of hydrogen-bond donors (Lipinski definition) is 2. The summed E-state index contributed by atoms with van der Waals surface area (Å²) in [5.74, 6) is -0.228. The van der Waals surface area contributed by atoms with Crippen molar-refractivity contribution in [2.75, 3.05) is 6.54 Å². The predicted molar refractivity (Wildman–Crippen MR) is 61.0 cm³/mol. The molecular weight excluding hydrogens is 218 g/mol. The molecule has 0 bridgehead atoms. The number of hydrogen-bond acceptors (Lipinski definition) is 4. The Bertz CT molecular complexity index is 495. The molecule has 2 N–H and O–H groups in total.